The minimum Gasteiger partial charge on any atom is -0.744 e. The average molecular weight is 338 g/mol. The van der Waals surface area contributed by atoms with Crippen molar-refractivity contribution in [1.29, 1.82) is 0 Å². The molecule has 0 radical (unpaired) electrons. The van der Waals surface area contributed by atoms with Crippen LogP contribution in [0.4, 0.5) is 5.82 Å². The smallest absolute Gasteiger partial charge is 0.256 e. The van der Waals surface area contributed by atoms with Gasteiger partial charge in [-0.05, 0) is 38.8 Å². The predicted molar refractivity (Wildman–Crippen MR) is 87.1 cm³/mol. The maximum Gasteiger partial charge on any atom is 0.256 e. The van der Waals surface area contributed by atoms with Gasteiger partial charge in [-0.2, -0.15) is 0 Å². The van der Waals surface area contributed by atoms with Crippen LogP contribution in [0.25, 0.3) is 0 Å². The molecule has 0 unspecified atom stereocenters. The quantitative estimate of drug-likeness (QED) is 0.450. The highest BCUT2D eigenvalue weighted by atomic mass is 32.2. The Labute approximate surface area is 136 Å². The van der Waals surface area contributed by atoms with Crippen LogP contribution in [0.15, 0.2) is 23.2 Å². The van der Waals surface area contributed by atoms with Gasteiger partial charge in [-0.15, -0.1) is 9.66 Å². The van der Waals surface area contributed by atoms with Crippen molar-refractivity contribution >= 4 is 15.9 Å². The molecule has 0 bridgehead atoms. The van der Waals surface area contributed by atoms with Crippen molar-refractivity contribution in [2.75, 3.05) is 11.6 Å². The number of nitrogen functional groups attached to an aromatic ring is 2. The third-order valence-corrected chi connectivity index (χ3v) is 4.46. The maximum absolute atomic E-state index is 10.8. The van der Waals surface area contributed by atoms with Gasteiger partial charge in [0.1, 0.15) is 16.3 Å². The van der Waals surface area contributed by atoms with Crippen molar-refractivity contribution in [3.8, 4) is 0 Å². The van der Waals surface area contributed by atoms with E-state index >= 15 is 0 Å². The molecular formula is C15H22N4O3S. The second-order valence-corrected chi connectivity index (χ2v) is 6.74. The van der Waals surface area contributed by atoms with Crippen LogP contribution < -0.4 is 16.3 Å². The number of nitrogens with two attached hydrogens (primary N) is 2. The molecule has 1 aromatic carbocycles. The van der Waals surface area contributed by atoms with Gasteiger partial charge in [-0.3, -0.25) is 5.84 Å². The molecule has 0 atom stereocenters. The summed E-state index contributed by atoms with van der Waals surface area (Å²) in [6, 6.07) is 3.38. The zero-order chi connectivity index (χ0) is 17.9. The van der Waals surface area contributed by atoms with Gasteiger partial charge in [-0.1, -0.05) is 17.7 Å². The Morgan fingerprint density at radius 3 is 1.91 bits per heavy atom. The fourth-order valence-electron chi connectivity index (χ4n) is 2.24. The molecule has 1 aromatic heterocycles. The van der Waals surface area contributed by atoms with Gasteiger partial charge in [0.05, 0.1) is 10.5 Å². The summed E-state index contributed by atoms with van der Waals surface area (Å²) in [7, 11) is -4.33. The van der Waals surface area contributed by atoms with E-state index in [0.717, 1.165) is 11.1 Å². The second-order valence-electron chi connectivity index (χ2n) is 5.43. The van der Waals surface area contributed by atoms with Gasteiger partial charge in [-0.25, -0.2) is 8.42 Å². The molecule has 0 amide bonds. The molecule has 23 heavy (non-hydrogen) atoms. The second kappa shape index (κ2) is 6.93. The van der Waals surface area contributed by atoms with E-state index in [0.29, 0.717) is 22.8 Å². The third-order valence-electron chi connectivity index (χ3n) is 3.31. The lowest BCUT2D eigenvalue weighted by Crippen LogP contribution is -2.50. The molecule has 2 aromatic rings. The summed E-state index contributed by atoms with van der Waals surface area (Å²) in [5, 5.41) is 0. The summed E-state index contributed by atoms with van der Waals surface area (Å²) in [6.45, 7) is 8.79. The fourth-order valence-corrected chi connectivity index (χ4v) is 3.15. The Morgan fingerprint density at radius 2 is 1.52 bits per heavy atom. The Hall–Kier alpha value is -2.19. The van der Waals surface area contributed by atoms with E-state index in [-0.39, 0.29) is 4.90 Å². The summed E-state index contributed by atoms with van der Waals surface area (Å²) in [6.07, 6.45) is 1.70. The van der Waals surface area contributed by atoms with Gasteiger partial charge in [0.15, 0.2) is 0 Å². The number of hydrogen-bond acceptors (Lipinski definition) is 6. The van der Waals surface area contributed by atoms with Crippen molar-refractivity contribution < 1.29 is 17.6 Å². The first-order valence-corrected chi connectivity index (χ1v) is 8.28. The van der Waals surface area contributed by atoms with Crippen LogP contribution in [0, 0.1) is 34.6 Å². The van der Waals surface area contributed by atoms with Gasteiger partial charge in [0, 0.05) is 6.92 Å². The highest BCUT2D eigenvalue weighted by Crippen LogP contribution is 2.20. The van der Waals surface area contributed by atoms with Crippen molar-refractivity contribution in [3.63, 3.8) is 0 Å². The lowest BCUT2D eigenvalue weighted by Gasteiger charge is -2.14. The summed E-state index contributed by atoms with van der Waals surface area (Å²) in [5.74, 6) is 6.79. The van der Waals surface area contributed by atoms with E-state index in [9.17, 15) is 13.0 Å². The summed E-state index contributed by atoms with van der Waals surface area (Å²) in [4.78, 5) is 3.91. The van der Waals surface area contributed by atoms with E-state index < -0.39 is 10.1 Å². The van der Waals surface area contributed by atoms with Crippen molar-refractivity contribution in [2.24, 2.45) is 0 Å². The average Bonchev–Trinajstić information content (AvgIpc) is 2.39. The Bertz CT molecular complexity index is 783. The molecule has 0 aliphatic heterocycles. The molecule has 2 rings (SSSR count). The monoisotopic (exact) mass is 338 g/mol. The molecule has 126 valence electrons. The lowest BCUT2D eigenvalue weighted by molar-refractivity contribution is -0.634. The number of aromatic nitrogens is 2. The van der Waals surface area contributed by atoms with Crippen LogP contribution >= 0.6 is 0 Å². The number of hydrogen-bond donors (Lipinski definition) is 2. The molecule has 8 heteroatoms. The first kappa shape index (κ1) is 18.9. The van der Waals surface area contributed by atoms with E-state index in [1.165, 1.54) is 4.68 Å². The molecule has 4 N–H and O–H groups in total. The number of aryl methyl sites for hydroxylation is 5. The molecule has 0 aliphatic rings. The predicted octanol–water partition coefficient (Wildman–Crippen LogP) is 0.798. The van der Waals surface area contributed by atoms with E-state index in [1.807, 2.05) is 13.8 Å². The highest BCUT2D eigenvalue weighted by Gasteiger charge is 2.09. The summed E-state index contributed by atoms with van der Waals surface area (Å²) >= 11 is 0. The first-order valence-electron chi connectivity index (χ1n) is 6.87. The molecule has 0 fully saturated rings. The molecular weight excluding hydrogens is 316 g/mol. The number of benzene rings is 1. The van der Waals surface area contributed by atoms with Crippen LogP contribution in [0.2, 0.25) is 0 Å². The highest BCUT2D eigenvalue weighted by molar-refractivity contribution is 7.85. The zero-order valence-electron chi connectivity index (χ0n) is 13.9. The van der Waals surface area contributed by atoms with Gasteiger partial charge >= 0.3 is 0 Å². The fraction of sp³-hybridized carbons (Fsp3) is 0.333. The standard InChI is InChI=1S/C9H12O3S.C6H10N4/c1-6-4-7(2)9(8(3)5-6)13(10,11)12;1-4-3-9-5(2)10(8)6(4)7/h4-5H,1-3H3,(H,10,11,12);3,7H,8H2,1-2H3. The summed E-state index contributed by atoms with van der Waals surface area (Å²) < 4.78 is 33.9. The summed E-state index contributed by atoms with van der Waals surface area (Å²) in [5.41, 5.74) is 8.48. The number of rotatable bonds is 1. The van der Waals surface area contributed by atoms with Crippen molar-refractivity contribution in [3.05, 3.63) is 46.4 Å². The molecule has 1 heterocycles. The van der Waals surface area contributed by atoms with Gasteiger partial charge < -0.3 is 10.3 Å². The van der Waals surface area contributed by atoms with Crippen LogP contribution in [-0.2, 0) is 10.1 Å². The van der Waals surface area contributed by atoms with E-state index in [4.69, 9.17) is 11.6 Å². The Kier molecular flexibility index (Phi) is 5.68. The molecule has 0 spiro atoms. The minimum atomic E-state index is -4.33. The topological polar surface area (TPSA) is 126 Å². The molecule has 0 saturated heterocycles. The number of anilines is 1. The van der Waals surface area contributed by atoms with Gasteiger partial charge in [0.25, 0.3) is 5.82 Å². The van der Waals surface area contributed by atoms with Crippen LogP contribution in [0.3, 0.4) is 0 Å². The number of nitrogens with zero attached hydrogens (tertiary/aromatic N) is 2. The lowest BCUT2D eigenvalue weighted by atomic mass is 10.1. The largest absolute Gasteiger partial charge is 0.744 e. The SMILES string of the molecule is Cc1cc(C)c(S(=O)(=O)[O-])c(C)c1.Cc1cnc(C)[n+](N)c1N. The Morgan fingerprint density at radius 1 is 1.04 bits per heavy atom. The van der Waals surface area contributed by atoms with E-state index in [2.05, 4.69) is 4.98 Å². The van der Waals surface area contributed by atoms with Gasteiger partial charge in [0.2, 0.25) is 5.82 Å². The normalized spacial score (nSPS) is 10.9. The van der Waals surface area contributed by atoms with Crippen LogP contribution in [0.5, 0.6) is 0 Å². The minimum absolute atomic E-state index is 0.0851. The molecule has 0 saturated carbocycles. The maximum atomic E-state index is 10.8. The first-order chi connectivity index (χ1) is 10.4. The van der Waals surface area contributed by atoms with Crippen molar-refractivity contribution in [2.45, 2.75) is 39.5 Å². The molecule has 7 nitrogen and oxygen atoms in total. The van der Waals surface area contributed by atoms with Crippen LogP contribution in [0.1, 0.15) is 28.1 Å². The zero-order valence-corrected chi connectivity index (χ0v) is 14.7. The van der Waals surface area contributed by atoms with Crippen molar-refractivity contribution in [1.82, 2.24) is 4.98 Å². The molecule has 0 aliphatic carbocycles. The third kappa shape index (κ3) is 4.64. The Balaban J connectivity index is 0.000000238. The van der Waals surface area contributed by atoms with Crippen LogP contribution in [-0.4, -0.2) is 18.0 Å². The van der Waals surface area contributed by atoms with E-state index in [1.54, 1.807) is 39.1 Å².